The molecule has 1 rings (SSSR count). The van der Waals surface area contributed by atoms with Gasteiger partial charge in [-0.05, 0) is 12.5 Å². The molecule has 0 spiro atoms. The summed E-state index contributed by atoms with van der Waals surface area (Å²) < 4.78 is 0. The van der Waals surface area contributed by atoms with Crippen LogP contribution in [0.3, 0.4) is 0 Å². The van der Waals surface area contributed by atoms with Crippen LogP contribution in [-0.2, 0) is 0 Å². The lowest BCUT2D eigenvalue weighted by molar-refractivity contribution is 1.19. The van der Waals surface area contributed by atoms with Crippen molar-refractivity contribution in [1.29, 1.82) is 0 Å². The van der Waals surface area contributed by atoms with Gasteiger partial charge in [0.05, 0.1) is 0 Å². The van der Waals surface area contributed by atoms with Crippen molar-refractivity contribution in [2.75, 3.05) is 0 Å². The third kappa shape index (κ3) is 0.398. The summed E-state index contributed by atoms with van der Waals surface area (Å²) in [5, 5.41) is 0. The van der Waals surface area contributed by atoms with Crippen LogP contribution < -0.4 is 0 Å². The molecule has 1 aliphatic carbocycles. The molecule has 0 aromatic heterocycles. The van der Waals surface area contributed by atoms with Crippen molar-refractivity contribution in [3.63, 3.8) is 0 Å². The zero-order chi connectivity index (χ0) is 3.70. The Balaban J connectivity index is 2.30. The van der Waals surface area contributed by atoms with Crippen molar-refractivity contribution in [2.24, 2.45) is 0 Å². The van der Waals surface area contributed by atoms with Gasteiger partial charge in [0.2, 0.25) is 0 Å². The molecule has 0 aromatic carbocycles. The van der Waals surface area contributed by atoms with Crippen molar-refractivity contribution in [3.8, 4) is 0 Å². The van der Waals surface area contributed by atoms with E-state index in [4.69, 9.17) is 0 Å². The van der Waals surface area contributed by atoms with Crippen molar-refractivity contribution in [3.05, 3.63) is 17.4 Å². The fourth-order valence-electron chi connectivity index (χ4n) is 0.255. The van der Waals surface area contributed by atoms with E-state index in [9.17, 15) is 0 Å². The summed E-state index contributed by atoms with van der Waals surface area (Å²) in [6.07, 6.45) is 3.18. The van der Waals surface area contributed by atoms with E-state index in [2.05, 4.69) is 12.7 Å². The molecule has 0 fully saturated rings. The minimum Gasteiger partial charge on any atom is -0.116 e. The number of hydrogen-bond acceptors (Lipinski definition) is 0. The minimum absolute atomic E-state index is 1.17. The molecule has 0 N–H and O–H groups in total. The summed E-state index contributed by atoms with van der Waals surface area (Å²) in [7, 11) is 0. The summed E-state index contributed by atoms with van der Waals surface area (Å²) in [6.45, 7) is 2.13. The van der Waals surface area contributed by atoms with Crippen LogP contribution in [-0.4, -0.2) is 0 Å². The van der Waals surface area contributed by atoms with Gasteiger partial charge in [-0.15, -0.1) is 5.73 Å². The molecule has 5 heavy (non-hydrogen) atoms. The summed E-state index contributed by atoms with van der Waals surface area (Å²) in [6, 6.07) is 0. The summed E-state index contributed by atoms with van der Waals surface area (Å²) in [4.78, 5) is 0. The molecular weight excluding hydrogens is 60.1 g/mol. The van der Waals surface area contributed by atoms with Gasteiger partial charge in [-0.3, -0.25) is 0 Å². The van der Waals surface area contributed by atoms with Crippen LogP contribution in [0.2, 0.25) is 0 Å². The maximum absolute atomic E-state index is 2.98. The van der Waals surface area contributed by atoms with Crippen LogP contribution in [0.5, 0.6) is 0 Å². The molecule has 0 atom stereocenters. The van der Waals surface area contributed by atoms with Gasteiger partial charge in [0.15, 0.2) is 0 Å². The van der Waals surface area contributed by atoms with E-state index < -0.39 is 0 Å². The van der Waals surface area contributed by atoms with Crippen molar-refractivity contribution in [1.82, 2.24) is 0 Å². The van der Waals surface area contributed by atoms with Gasteiger partial charge < -0.3 is 0 Å². The molecule has 1 aliphatic rings. The average molecular weight is 66.1 g/mol. The monoisotopic (exact) mass is 66.0 g/mol. The highest BCUT2D eigenvalue weighted by atomic mass is 13.9. The number of rotatable bonds is 1. The standard InChI is InChI=1S/C5H6/c1-2-5-3-4-5/h3H,2H2,1H3. The Kier molecular flexibility index (Phi) is 0.402. The Morgan fingerprint density at radius 3 is 2.60 bits per heavy atom. The van der Waals surface area contributed by atoms with E-state index in [-0.39, 0.29) is 0 Å². The second kappa shape index (κ2) is 0.734. The topological polar surface area (TPSA) is 0 Å². The predicted octanol–water partition coefficient (Wildman–Crippen LogP) is 1.49. The van der Waals surface area contributed by atoms with Gasteiger partial charge >= 0.3 is 0 Å². The Labute approximate surface area is 31.8 Å². The average Bonchev–Trinajstić information content (AvgIpc) is 2.12. The van der Waals surface area contributed by atoms with E-state index in [0.29, 0.717) is 0 Å². The van der Waals surface area contributed by atoms with Gasteiger partial charge in [0.1, 0.15) is 0 Å². The second-order valence-corrected chi connectivity index (χ2v) is 1.17. The van der Waals surface area contributed by atoms with Crippen LogP contribution >= 0.6 is 0 Å². The lowest BCUT2D eigenvalue weighted by atomic mass is 10.4. The quantitative estimate of drug-likeness (QED) is 0.407. The zero-order valence-electron chi connectivity index (χ0n) is 3.28. The minimum atomic E-state index is 1.17. The molecule has 0 nitrogen and oxygen atoms in total. The van der Waals surface area contributed by atoms with Gasteiger partial charge in [-0.2, -0.15) is 0 Å². The van der Waals surface area contributed by atoms with Crippen molar-refractivity contribution < 1.29 is 0 Å². The lowest BCUT2D eigenvalue weighted by Gasteiger charge is -1.66. The molecule has 0 aromatic rings. The van der Waals surface area contributed by atoms with Gasteiger partial charge in [0.25, 0.3) is 0 Å². The summed E-state index contributed by atoms with van der Waals surface area (Å²) in [5.41, 5.74) is 4.36. The lowest BCUT2D eigenvalue weighted by Crippen LogP contribution is -1.49. The third-order valence-electron chi connectivity index (χ3n) is 0.729. The largest absolute Gasteiger partial charge is 0.116 e. The third-order valence-corrected chi connectivity index (χ3v) is 0.729. The van der Waals surface area contributed by atoms with Crippen LogP contribution in [0.25, 0.3) is 0 Å². The number of allylic oxidation sites excluding steroid dienone is 1. The Bertz CT molecular complexity index is 92.6. The maximum Gasteiger partial charge on any atom is 0.00144 e. The molecule has 0 bridgehead atoms. The SMILES string of the molecule is CCC1=C=C1. The van der Waals surface area contributed by atoms with E-state index >= 15 is 0 Å². The van der Waals surface area contributed by atoms with Crippen LogP contribution in [0.4, 0.5) is 0 Å². The Hall–Kier alpha value is -0.480. The molecule has 0 heterocycles. The van der Waals surface area contributed by atoms with E-state index in [1.165, 1.54) is 12.0 Å². The smallest absolute Gasteiger partial charge is 0.00144 e. The normalized spacial score (nSPS) is 15.0. The fraction of sp³-hybridized carbons (Fsp3) is 0.400. The molecule has 0 saturated heterocycles. The molecule has 0 aliphatic heterocycles. The van der Waals surface area contributed by atoms with Crippen molar-refractivity contribution >= 4 is 0 Å². The highest BCUT2D eigenvalue weighted by Gasteiger charge is 1.90. The molecule has 0 saturated carbocycles. The van der Waals surface area contributed by atoms with Gasteiger partial charge in [-0.1, -0.05) is 6.92 Å². The summed E-state index contributed by atoms with van der Waals surface area (Å²) >= 11 is 0. The maximum atomic E-state index is 2.98. The predicted molar refractivity (Wildman–Crippen MR) is 21.9 cm³/mol. The second-order valence-electron chi connectivity index (χ2n) is 1.17. The first kappa shape index (κ1) is 2.74. The molecule has 0 heteroatoms. The highest BCUT2D eigenvalue weighted by molar-refractivity contribution is 5.30. The highest BCUT2D eigenvalue weighted by Crippen LogP contribution is 2.08. The first-order valence-electron chi connectivity index (χ1n) is 1.89. The van der Waals surface area contributed by atoms with Crippen molar-refractivity contribution in [2.45, 2.75) is 13.3 Å². The van der Waals surface area contributed by atoms with Gasteiger partial charge in [-0.25, -0.2) is 0 Å². The molecule has 0 amide bonds. The van der Waals surface area contributed by atoms with E-state index in [1.807, 2.05) is 6.08 Å². The Morgan fingerprint density at radius 2 is 2.60 bits per heavy atom. The van der Waals surface area contributed by atoms with E-state index in [1.54, 1.807) is 0 Å². The zero-order valence-corrected chi connectivity index (χ0v) is 3.28. The van der Waals surface area contributed by atoms with Crippen LogP contribution in [0.1, 0.15) is 13.3 Å². The first-order chi connectivity index (χ1) is 2.43. The first-order valence-corrected chi connectivity index (χ1v) is 1.89. The Morgan fingerprint density at radius 1 is 2.00 bits per heavy atom. The molecule has 0 unspecified atom stereocenters. The summed E-state index contributed by atoms with van der Waals surface area (Å²) in [5.74, 6) is 0. The van der Waals surface area contributed by atoms with Crippen LogP contribution in [0, 0.1) is 0 Å². The number of hydrogen-bond donors (Lipinski definition) is 0. The van der Waals surface area contributed by atoms with Gasteiger partial charge in [0, 0.05) is 5.57 Å². The van der Waals surface area contributed by atoms with E-state index in [0.717, 1.165) is 0 Å². The molecule has 0 radical (unpaired) electrons. The van der Waals surface area contributed by atoms with Crippen LogP contribution in [0.15, 0.2) is 17.4 Å². The fourth-order valence-corrected chi connectivity index (χ4v) is 0.255. The molecular formula is C5H6. The molecule has 26 valence electrons.